The van der Waals surface area contributed by atoms with E-state index in [1.807, 2.05) is 24.3 Å². The van der Waals surface area contributed by atoms with Crippen LogP contribution in [0.2, 0.25) is 0 Å². The molecule has 0 atom stereocenters. The van der Waals surface area contributed by atoms with Gasteiger partial charge in [0.2, 0.25) is 0 Å². The smallest absolute Gasteiger partial charge is 0.339 e. The van der Waals surface area contributed by atoms with Crippen LogP contribution in [0, 0.1) is 11.8 Å². The van der Waals surface area contributed by atoms with Crippen LogP contribution >= 0.6 is 0 Å². The van der Waals surface area contributed by atoms with Gasteiger partial charge in [-0.1, -0.05) is 36.1 Å². The fourth-order valence-corrected chi connectivity index (χ4v) is 1.76. The van der Waals surface area contributed by atoms with Crippen molar-refractivity contribution in [2.45, 2.75) is 0 Å². The van der Waals surface area contributed by atoms with Crippen LogP contribution in [0.3, 0.4) is 0 Å². The van der Waals surface area contributed by atoms with Crippen LogP contribution in [0.4, 0.5) is 0 Å². The van der Waals surface area contributed by atoms with Crippen molar-refractivity contribution >= 4 is 5.97 Å². The second-order valence-corrected chi connectivity index (χ2v) is 4.09. The summed E-state index contributed by atoms with van der Waals surface area (Å²) >= 11 is 0. The first-order chi connectivity index (χ1) is 10.2. The Kier molecular flexibility index (Phi) is 4.84. The van der Waals surface area contributed by atoms with Crippen LogP contribution in [-0.2, 0) is 0 Å². The molecule has 0 bridgehead atoms. The Hall–Kier alpha value is -2.93. The van der Waals surface area contributed by atoms with Crippen LogP contribution in [0.5, 0.6) is 11.5 Å². The zero-order valence-electron chi connectivity index (χ0n) is 11.5. The van der Waals surface area contributed by atoms with E-state index in [-0.39, 0.29) is 12.2 Å². The van der Waals surface area contributed by atoms with E-state index in [1.165, 1.54) is 6.07 Å². The third kappa shape index (κ3) is 3.77. The molecule has 2 aromatic carbocycles. The first kappa shape index (κ1) is 14.5. The Morgan fingerprint density at radius 1 is 1.10 bits per heavy atom. The van der Waals surface area contributed by atoms with Gasteiger partial charge >= 0.3 is 5.97 Å². The molecule has 0 saturated carbocycles. The third-order valence-corrected chi connectivity index (χ3v) is 2.75. The molecule has 1 N–H and O–H groups in total. The number of carbonyl (C=O) groups is 1. The molecule has 0 fully saturated rings. The highest BCUT2D eigenvalue weighted by Crippen LogP contribution is 2.18. The summed E-state index contributed by atoms with van der Waals surface area (Å²) in [6.07, 6.45) is 0. The molecular formula is C17H14O4. The molecule has 0 aliphatic rings. The Labute approximate surface area is 122 Å². The molecule has 106 valence electrons. The van der Waals surface area contributed by atoms with E-state index in [0.29, 0.717) is 11.5 Å². The number of methoxy groups -OCH3 is 1. The monoisotopic (exact) mass is 282 g/mol. The number of hydrogen-bond donors (Lipinski definition) is 1. The summed E-state index contributed by atoms with van der Waals surface area (Å²) < 4.78 is 10.6. The van der Waals surface area contributed by atoms with Crippen molar-refractivity contribution in [1.29, 1.82) is 0 Å². The quantitative estimate of drug-likeness (QED) is 0.876. The average Bonchev–Trinajstić information content (AvgIpc) is 2.52. The number of aromatic carboxylic acids is 1. The molecule has 0 spiro atoms. The van der Waals surface area contributed by atoms with Crippen molar-refractivity contribution in [2.24, 2.45) is 0 Å². The number of hydrogen-bond acceptors (Lipinski definition) is 3. The van der Waals surface area contributed by atoms with Gasteiger partial charge in [-0.3, -0.25) is 0 Å². The topological polar surface area (TPSA) is 55.8 Å². The van der Waals surface area contributed by atoms with Crippen molar-refractivity contribution < 1.29 is 19.4 Å². The first-order valence-corrected chi connectivity index (χ1v) is 6.29. The van der Waals surface area contributed by atoms with E-state index in [2.05, 4.69) is 11.8 Å². The highest BCUT2D eigenvalue weighted by molar-refractivity contribution is 5.90. The van der Waals surface area contributed by atoms with Gasteiger partial charge < -0.3 is 14.6 Å². The molecule has 4 heteroatoms. The highest BCUT2D eigenvalue weighted by atomic mass is 16.5. The number of carboxylic acid groups (broad SMARTS) is 1. The van der Waals surface area contributed by atoms with Crippen LogP contribution in [0.25, 0.3) is 0 Å². The lowest BCUT2D eigenvalue weighted by atomic mass is 10.2. The van der Waals surface area contributed by atoms with Gasteiger partial charge in [-0.25, -0.2) is 4.79 Å². The molecule has 2 aromatic rings. The molecule has 0 amide bonds. The summed E-state index contributed by atoms with van der Waals surface area (Å²) in [7, 11) is 1.58. The van der Waals surface area contributed by atoms with E-state index in [0.717, 1.165) is 5.56 Å². The van der Waals surface area contributed by atoms with Crippen LogP contribution in [0.15, 0.2) is 48.5 Å². The van der Waals surface area contributed by atoms with Crippen molar-refractivity contribution in [3.05, 3.63) is 59.7 Å². The normalized spacial score (nSPS) is 9.38. The summed E-state index contributed by atoms with van der Waals surface area (Å²) in [5.41, 5.74) is 0.881. The van der Waals surface area contributed by atoms with Crippen molar-refractivity contribution in [1.82, 2.24) is 0 Å². The number of carboxylic acids is 1. The maximum Gasteiger partial charge on any atom is 0.339 e. The fourth-order valence-electron chi connectivity index (χ4n) is 1.76. The van der Waals surface area contributed by atoms with E-state index in [1.54, 1.807) is 25.3 Å². The lowest BCUT2D eigenvalue weighted by Crippen LogP contribution is -2.03. The summed E-state index contributed by atoms with van der Waals surface area (Å²) in [5.74, 6) is 5.75. The van der Waals surface area contributed by atoms with E-state index in [9.17, 15) is 4.79 Å². The van der Waals surface area contributed by atoms with Gasteiger partial charge in [0.05, 0.1) is 12.7 Å². The van der Waals surface area contributed by atoms with E-state index >= 15 is 0 Å². The minimum Gasteiger partial charge on any atom is -0.495 e. The Balaban J connectivity index is 2.06. The molecule has 4 nitrogen and oxygen atoms in total. The second kappa shape index (κ2) is 7.01. The number of benzene rings is 2. The summed E-state index contributed by atoms with van der Waals surface area (Å²) in [4.78, 5) is 11.0. The minimum absolute atomic E-state index is 0.0995. The Morgan fingerprint density at radius 3 is 2.48 bits per heavy atom. The lowest BCUT2D eigenvalue weighted by Gasteiger charge is -2.05. The molecule has 0 radical (unpaired) electrons. The van der Waals surface area contributed by atoms with Crippen molar-refractivity contribution in [3.63, 3.8) is 0 Å². The standard InChI is InChI=1S/C17H14O4/c1-20-15-10-4-2-7-13(15)8-6-12-21-16-11-5-3-9-14(16)17(18)19/h2-5,7,9-11H,12H2,1H3,(H,18,19). The molecule has 0 saturated heterocycles. The predicted octanol–water partition coefficient (Wildman–Crippen LogP) is 2.82. The molecule has 2 rings (SSSR count). The second-order valence-electron chi connectivity index (χ2n) is 4.09. The molecule has 0 heterocycles. The van der Waals surface area contributed by atoms with Gasteiger partial charge in [0.15, 0.2) is 0 Å². The number of ether oxygens (including phenoxy) is 2. The predicted molar refractivity (Wildman–Crippen MR) is 78.8 cm³/mol. The zero-order valence-corrected chi connectivity index (χ0v) is 11.5. The zero-order chi connectivity index (χ0) is 15.1. The van der Waals surface area contributed by atoms with Crippen molar-refractivity contribution in [2.75, 3.05) is 13.7 Å². The third-order valence-electron chi connectivity index (χ3n) is 2.75. The number of para-hydroxylation sites is 2. The molecule has 0 aliphatic carbocycles. The Bertz CT molecular complexity index is 695. The SMILES string of the molecule is COc1ccccc1C#CCOc1ccccc1C(=O)O. The molecule has 0 unspecified atom stereocenters. The van der Waals surface area contributed by atoms with Crippen LogP contribution in [-0.4, -0.2) is 24.8 Å². The lowest BCUT2D eigenvalue weighted by molar-refractivity contribution is 0.0693. The van der Waals surface area contributed by atoms with Gasteiger partial charge in [0.1, 0.15) is 23.7 Å². The minimum atomic E-state index is -1.02. The van der Waals surface area contributed by atoms with Gasteiger partial charge in [0.25, 0.3) is 0 Å². The van der Waals surface area contributed by atoms with Crippen molar-refractivity contribution in [3.8, 4) is 23.3 Å². The number of rotatable bonds is 4. The largest absolute Gasteiger partial charge is 0.495 e. The molecule has 0 aromatic heterocycles. The van der Waals surface area contributed by atoms with Crippen LogP contribution < -0.4 is 9.47 Å². The summed E-state index contributed by atoms with van der Waals surface area (Å²) in [6, 6.07) is 13.9. The molecular weight excluding hydrogens is 268 g/mol. The maximum absolute atomic E-state index is 11.0. The van der Waals surface area contributed by atoms with E-state index in [4.69, 9.17) is 14.6 Å². The Morgan fingerprint density at radius 2 is 1.76 bits per heavy atom. The highest BCUT2D eigenvalue weighted by Gasteiger charge is 2.09. The summed E-state index contributed by atoms with van der Waals surface area (Å²) in [6.45, 7) is 0.0995. The average molecular weight is 282 g/mol. The van der Waals surface area contributed by atoms with Crippen LogP contribution in [0.1, 0.15) is 15.9 Å². The van der Waals surface area contributed by atoms with Gasteiger partial charge in [0, 0.05) is 0 Å². The first-order valence-electron chi connectivity index (χ1n) is 6.29. The molecule has 21 heavy (non-hydrogen) atoms. The van der Waals surface area contributed by atoms with E-state index < -0.39 is 5.97 Å². The van der Waals surface area contributed by atoms with Gasteiger partial charge in [-0.15, -0.1) is 0 Å². The van der Waals surface area contributed by atoms with Gasteiger partial charge in [-0.2, -0.15) is 0 Å². The molecule has 0 aliphatic heterocycles. The van der Waals surface area contributed by atoms with Gasteiger partial charge in [-0.05, 0) is 24.3 Å². The summed E-state index contributed by atoms with van der Waals surface area (Å²) in [5, 5.41) is 9.04. The fraction of sp³-hybridized carbons (Fsp3) is 0.118. The maximum atomic E-state index is 11.0.